The van der Waals surface area contributed by atoms with E-state index in [9.17, 15) is 4.79 Å². The van der Waals surface area contributed by atoms with E-state index in [4.69, 9.17) is 9.26 Å². The second kappa shape index (κ2) is 5.85. The molecule has 0 radical (unpaired) electrons. The van der Waals surface area contributed by atoms with Crippen LogP contribution in [0.15, 0.2) is 47.1 Å². The van der Waals surface area contributed by atoms with Crippen molar-refractivity contribution < 1.29 is 14.1 Å². The lowest BCUT2D eigenvalue weighted by Gasteiger charge is -2.14. The zero-order valence-corrected chi connectivity index (χ0v) is 12.2. The van der Waals surface area contributed by atoms with Gasteiger partial charge in [0, 0.05) is 17.6 Å². The first-order valence-electron chi connectivity index (χ1n) is 6.88. The molecule has 2 aromatic heterocycles. The average molecular weight is 297 g/mol. The Balaban J connectivity index is 1.75. The normalized spacial score (nSPS) is 12.1. The number of rotatable bonds is 4. The monoisotopic (exact) mass is 297 g/mol. The fourth-order valence-corrected chi connectivity index (χ4v) is 2.07. The van der Waals surface area contributed by atoms with Crippen LogP contribution in [-0.4, -0.2) is 22.2 Å². The molecule has 0 saturated heterocycles. The summed E-state index contributed by atoms with van der Waals surface area (Å²) in [6, 6.07) is 11.0. The Morgan fingerprint density at radius 1 is 1.32 bits per heavy atom. The molecule has 2 heterocycles. The van der Waals surface area contributed by atoms with Gasteiger partial charge >= 0.3 is 0 Å². The van der Waals surface area contributed by atoms with Gasteiger partial charge in [-0.3, -0.25) is 9.78 Å². The van der Waals surface area contributed by atoms with Crippen LogP contribution in [0.2, 0.25) is 0 Å². The zero-order valence-electron chi connectivity index (χ0n) is 12.2. The van der Waals surface area contributed by atoms with E-state index in [0.717, 1.165) is 10.9 Å². The molecule has 0 aliphatic rings. The molecule has 3 rings (SSSR count). The van der Waals surface area contributed by atoms with Crippen molar-refractivity contribution in [1.82, 2.24) is 10.1 Å². The van der Waals surface area contributed by atoms with Gasteiger partial charge in [0.05, 0.1) is 0 Å². The lowest BCUT2D eigenvalue weighted by molar-refractivity contribution is -0.122. The van der Waals surface area contributed by atoms with E-state index in [-0.39, 0.29) is 5.91 Å². The summed E-state index contributed by atoms with van der Waals surface area (Å²) in [5.74, 6) is 1.26. The van der Waals surface area contributed by atoms with Crippen LogP contribution in [0.25, 0.3) is 10.9 Å². The number of anilines is 1. The van der Waals surface area contributed by atoms with Crippen LogP contribution in [0.4, 0.5) is 5.82 Å². The summed E-state index contributed by atoms with van der Waals surface area (Å²) in [7, 11) is 0. The molecule has 0 aliphatic heterocycles. The third kappa shape index (κ3) is 2.90. The molecule has 0 bridgehead atoms. The molecule has 1 amide bonds. The van der Waals surface area contributed by atoms with Gasteiger partial charge in [-0.05, 0) is 26.0 Å². The first kappa shape index (κ1) is 14.1. The highest BCUT2D eigenvalue weighted by Gasteiger charge is 2.17. The van der Waals surface area contributed by atoms with Crippen molar-refractivity contribution in [2.24, 2.45) is 0 Å². The minimum atomic E-state index is -0.690. The van der Waals surface area contributed by atoms with Crippen molar-refractivity contribution in [2.75, 3.05) is 5.32 Å². The predicted octanol–water partition coefficient (Wildman–Crippen LogP) is 2.94. The maximum Gasteiger partial charge on any atom is 0.266 e. The first-order valence-corrected chi connectivity index (χ1v) is 6.88. The molecule has 0 unspecified atom stereocenters. The minimum absolute atomic E-state index is 0.304. The molecule has 6 heteroatoms. The van der Waals surface area contributed by atoms with Crippen molar-refractivity contribution in [2.45, 2.75) is 20.0 Å². The number of carbonyl (C=O) groups excluding carboxylic acids is 1. The number of nitrogens with zero attached hydrogens (tertiary/aromatic N) is 2. The van der Waals surface area contributed by atoms with Gasteiger partial charge < -0.3 is 14.6 Å². The van der Waals surface area contributed by atoms with Crippen LogP contribution in [0, 0.1) is 6.92 Å². The summed E-state index contributed by atoms with van der Waals surface area (Å²) in [6.07, 6.45) is 1.00. The second-order valence-corrected chi connectivity index (χ2v) is 4.90. The number of aryl methyl sites for hydroxylation is 1. The summed E-state index contributed by atoms with van der Waals surface area (Å²) < 4.78 is 10.6. The average Bonchev–Trinajstić information content (AvgIpc) is 2.92. The molecule has 1 N–H and O–H groups in total. The Hall–Kier alpha value is -2.89. The van der Waals surface area contributed by atoms with Crippen LogP contribution in [0.3, 0.4) is 0 Å². The number of hydrogen-bond acceptors (Lipinski definition) is 5. The van der Waals surface area contributed by atoms with Gasteiger partial charge in [-0.15, -0.1) is 0 Å². The molecule has 1 atom stereocenters. The van der Waals surface area contributed by atoms with Crippen molar-refractivity contribution in [1.29, 1.82) is 0 Å². The Kier molecular flexibility index (Phi) is 3.74. The molecule has 0 fully saturated rings. The van der Waals surface area contributed by atoms with Crippen LogP contribution >= 0.6 is 0 Å². The van der Waals surface area contributed by atoms with E-state index in [1.54, 1.807) is 32.2 Å². The Morgan fingerprint density at radius 3 is 2.91 bits per heavy atom. The van der Waals surface area contributed by atoms with E-state index in [1.807, 2.05) is 24.3 Å². The maximum absolute atomic E-state index is 12.1. The van der Waals surface area contributed by atoms with Crippen molar-refractivity contribution in [3.63, 3.8) is 0 Å². The molecule has 0 aliphatic carbocycles. The van der Waals surface area contributed by atoms with E-state index < -0.39 is 6.10 Å². The van der Waals surface area contributed by atoms with Crippen LogP contribution in [0.1, 0.15) is 12.7 Å². The standard InChI is InChI=1S/C16H15N3O3/c1-10-9-14(19-22-10)18-16(20)11(2)21-13-7-3-5-12-6-4-8-17-15(12)13/h3-9,11H,1-2H3,(H,18,19,20)/t11-/m1/s1. The molecule has 0 spiro atoms. The number of aromatic nitrogens is 2. The van der Waals surface area contributed by atoms with Crippen molar-refractivity contribution in [3.05, 3.63) is 48.4 Å². The fraction of sp³-hybridized carbons (Fsp3) is 0.188. The molecule has 6 nitrogen and oxygen atoms in total. The van der Waals surface area contributed by atoms with Gasteiger partial charge in [-0.2, -0.15) is 0 Å². The van der Waals surface area contributed by atoms with E-state index in [0.29, 0.717) is 17.3 Å². The Morgan fingerprint density at radius 2 is 2.14 bits per heavy atom. The topological polar surface area (TPSA) is 77.2 Å². The smallest absolute Gasteiger partial charge is 0.266 e. The number of hydrogen-bond donors (Lipinski definition) is 1. The molecule has 22 heavy (non-hydrogen) atoms. The summed E-state index contributed by atoms with van der Waals surface area (Å²) in [5.41, 5.74) is 0.724. The summed E-state index contributed by atoms with van der Waals surface area (Å²) in [4.78, 5) is 16.4. The molecule has 112 valence electrons. The van der Waals surface area contributed by atoms with Crippen LogP contribution < -0.4 is 10.1 Å². The van der Waals surface area contributed by atoms with Gasteiger partial charge in [0.25, 0.3) is 5.91 Å². The fourth-order valence-electron chi connectivity index (χ4n) is 2.07. The first-order chi connectivity index (χ1) is 10.6. The highest BCUT2D eigenvalue weighted by molar-refractivity contribution is 5.93. The van der Waals surface area contributed by atoms with Gasteiger partial charge in [0.15, 0.2) is 11.9 Å². The van der Waals surface area contributed by atoms with Gasteiger partial charge in [0.2, 0.25) is 0 Å². The highest BCUT2D eigenvalue weighted by atomic mass is 16.5. The number of ether oxygens (including phenoxy) is 1. The molecule has 1 aromatic carbocycles. The molecule has 0 saturated carbocycles. The number of fused-ring (bicyclic) bond motifs is 1. The van der Waals surface area contributed by atoms with Crippen LogP contribution in [-0.2, 0) is 4.79 Å². The second-order valence-electron chi connectivity index (χ2n) is 4.90. The highest BCUT2D eigenvalue weighted by Crippen LogP contribution is 2.24. The van der Waals surface area contributed by atoms with E-state index in [2.05, 4.69) is 15.5 Å². The van der Waals surface area contributed by atoms with E-state index >= 15 is 0 Å². The van der Waals surface area contributed by atoms with Gasteiger partial charge in [0.1, 0.15) is 17.0 Å². The number of pyridine rings is 1. The zero-order chi connectivity index (χ0) is 15.5. The van der Waals surface area contributed by atoms with Crippen molar-refractivity contribution >= 4 is 22.6 Å². The third-order valence-electron chi connectivity index (χ3n) is 3.15. The number of para-hydroxylation sites is 1. The SMILES string of the molecule is Cc1cc(NC(=O)[C@@H](C)Oc2cccc3cccnc23)no1. The number of carbonyl (C=O) groups is 1. The quantitative estimate of drug-likeness (QED) is 0.801. The number of benzene rings is 1. The number of amides is 1. The lowest BCUT2D eigenvalue weighted by atomic mass is 10.2. The van der Waals surface area contributed by atoms with Gasteiger partial charge in [-0.25, -0.2) is 0 Å². The largest absolute Gasteiger partial charge is 0.479 e. The predicted molar refractivity (Wildman–Crippen MR) is 81.7 cm³/mol. The molecular formula is C16H15N3O3. The Labute approximate surface area is 127 Å². The number of nitrogens with one attached hydrogen (secondary N) is 1. The summed E-state index contributed by atoms with van der Waals surface area (Å²) in [5, 5.41) is 7.32. The maximum atomic E-state index is 12.1. The van der Waals surface area contributed by atoms with E-state index in [1.165, 1.54) is 0 Å². The summed E-state index contributed by atoms with van der Waals surface area (Å²) in [6.45, 7) is 3.43. The van der Waals surface area contributed by atoms with Crippen LogP contribution in [0.5, 0.6) is 5.75 Å². The molecule has 3 aromatic rings. The third-order valence-corrected chi connectivity index (χ3v) is 3.15. The van der Waals surface area contributed by atoms with Gasteiger partial charge in [-0.1, -0.05) is 23.4 Å². The lowest BCUT2D eigenvalue weighted by Crippen LogP contribution is -2.30. The Bertz CT molecular complexity index is 808. The van der Waals surface area contributed by atoms with Crippen molar-refractivity contribution in [3.8, 4) is 5.75 Å². The minimum Gasteiger partial charge on any atom is -0.479 e. The summed E-state index contributed by atoms with van der Waals surface area (Å²) >= 11 is 0. The molecular weight excluding hydrogens is 282 g/mol.